The van der Waals surface area contributed by atoms with Gasteiger partial charge in [0.05, 0.1) is 0 Å². The Labute approximate surface area is 186 Å². The van der Waals surface area contributed by atoms with Crippen LogP contribution < -0.4 is 5.09 Å². The minimum Gasteiger partial charge on any atom is -0.404 e. The predicted molar refractivity (Wildman–Crippen MR) is 137 cm³/mol. The van der Waals surface area contributed by atoms with E-state index in [1.807, 2.05) is 30.3 Å². The van der Waals surface area contributed by atoms with Crippen molar-refractivity contribution in [2.45, 2.75) is 0 Å². The van der Waals surface area contributed by atoms with Crippen molar-refractivity contribution < 1.29 is 8.39 Å². The van der Waals surface area contributed by atoms with Gasteiger partial charge in [-0.1, -0.05) is 85.5 Å². The standard InChI is InChI=1S/C28H20NO2P/c1-2-19-11-15-22(16-12-19)29-32-30-25-17-13-20-7-3-5-9-23(20)27(25)28-24-10-6-4-8-21(24)14-18-26(28)31-32/h2-18,29H,1H2. The fraction of sp³-hybridized carbons (Fsp3) is 0. The Hall–Kier alpha value is -3.94. The molecule has 0 atom stereocenters. The Morgan fingerprint density at radius 3 is 1.69 bits per heavy atom. The molecule has 0 saturated carbocycles. The summed E-state index contributed by atoms with van der Waals surface area (Å²) in [4.78, 5) is 0. The summed E-state index contributed by atoms with van der Waals surface area (Å²) in [7, 11) is -1.45. The molecule has 0 fully saturated rings. The fourth-order valence-corrected chi connectivity index (χ4v) is 5.36. The zero-order valence-electron chi connectivity index (χ0n) is 17.3. The van der Waals surface area contributed by atoms with E-state index >= 15 is 0 Å². The van der Waals surface area contributed by atoms with E-state index in [1.165, 1.54) is 10.8 Å². The van der Waals surface area contributed by atoms with Crippen molar-refractivity contribution in [3.8, 4) is 0 Å². The van der Waals surface area contributed by atoms with Crippen LogP contribution in [0.3, 0.4) is 0 Å². The molecule has 32 heavy (non-hydrogen) atoms. The number of benzene rings is 5. The van der Waals surface area contributed by atoms with Crippen LogP contribution in [-0.4, -0.2) is 0 Å². The third kappa shape index (κ3) is 3.15. The average Bonchev–Trinajstić information content (AvgIpc) is 3.01. The molecule has 1 heterocycles. The molecule has 0 saturated heterocycles. The molecule has 0 radical (unpaired) electrons. The van der Waals surface area contributed by atoms with Crippen LogP contribution in [0, 0.1) is 0 Å². The van der Waals surface area contributed by atoms with E-state index < -0.39 is 8.16 Å². The Morgan fingerprint density at radius 1 is 0.625 bits per heavy atom. The Morgan fingerprint density at radius 2 is 1.16 bits per heavy atom. The maximum absolute atomic E-state index is 6.47. The van der Waals surface area contributed by atoms with Crippen molar-refractivity contribution in [1.29, 1.82) is 0 Å². The quantitative estimate of drug-likeness (QED) is 0.302. The average molecular weight is 433 g/mol. The van der Waals surface area contributed by atoms with E-state index in [4.69, 9.17) is 8.39 Å². The lowest BCUT2D eigenvalue weighted by Gasteiger charge is -2.05. The summed E-state index contributed by atoms with van der Waals surface area (Å²) < 4.78 is 12.9. The summed E-state index contributed by atoms with van der Waals surface area (Å²) >= 11 is 0. The van der Waals surface area contributed by atoms with Gasteiger partial charge in [-0.15, -0.1) is 0 Å². The predicted octanol–water partition coefficient (Wildman–Crippen LogP) is 9.11. The molecule has 1 N–H and O–H groups in total. The van der Waals surface area contributed by atoms with Crippen molar-refractivity contribution >= 4 is 63.4 Å². The molecule has 0 unspecified atom stereocenters. The highest BCUT2D eigenvalue weighted by atomic mass is 31.1. The van der Waals surface area contributed by atoms with Gasteiger partial charge in [0.1, 0.15) is 11.2 Å². The second-order valence-corrected chi connectivity index (χ2v) is 8.80. The molecular formula is C28H20NO2P. The minimum absolute atomic E-state index is 0.820. The minimum atomic E-state index is -1.45. The maximum atomic E-state index is 6.47. The molecule has 4 heteroatoms. The Bertz CT molecular complexity index is 1570. The van der Waals surface area contributed by atoms with Crippen LogP contribution in [0.4, 0.5) is 5.69 Å². The second kappa shape index (κ2) is 7.64. The first-order valence-electron chi connectivity index (χ1n) is 10.5. The highest BCUT2D eigenvalue weighted by molar-refractivity contribution is 7.39. The lowest BCUT2D eigenvalue weighted by atomic mass is 9.99. The first-order chi connectivity index (χ1) is 15.8. The zero-order valence-corrected chi connectivity index (χ0v) is 18.2. The van der Waals surface area contributed by atoms with Crippen LogP contribution in [-0.2, 0) is 0 Å². The van der Waals surface area contributed by atoms with Crippen molar-refractivity contribution in [1.82, 2.24) is 0 Å². The van der Waals surface area contributed by atoms with Gasteiger partial charge in [-0.05, 0) is 51.4 Å². The first kappa shape index (κ1) is 18.8. The molecule has 6 aromatic rings. The number of rotatable bonds is 3. The highest BCUT2D eigenvalue weighted by Gasteiger charge is 2.12. The molecule has 5 aromatic carbocycles. The Kier molecular flexibility index (Phi) is 4.49. The lowest BCUT2D eigenvalue weighted by Crippen LogP contribution is -1.83. The molecule has 0 aliphatic heterocycles. The molecule has 0 bridgehead atoms. The summed E-state index contributed by atoms with van der Waals surface area (Å²) in [5.41, 5.74) is 3.65. The number of fused-ring (bicyclic) bond motifs is 7. The monoisotopic (exact) mass is 433 g/mol. The van der Waals surface area contributed by atoms with Gasteiger partial charge in [-0.2, -0.15) is 0 Å². The summed E-state index contributed by atoms with van der Waals surface area (Å²) in [5, 5.41) is 10.2. The molecular weight excluding hydrogens is 413 g/mol. The van der Waals surface area contributed by atoms with Gasteiger partial charge in [0, 0.05) is 16.5 Å². The largest absolute Gasteiger partial charge is 0.404 e. The summed E-state index contributed by atoms with van der Waals surface area (Å²) in [6.07, 6.45) is 1.83. The zero-order chi connectivity index (χ0) is 21.5. The molecule has 0 spiro atoms. The highest BCUT2D eigenvalue weighted by Crippen LogP contribution is 2.41. The van der Waals surface area contributed by atoms with Crippen LogP contribution in [0.5, 0.6) is 0 Å². The topological polar surface area (TPSA) is 38.3 Å². The first-order valence-corrected chi connectivity index (χ1v) is 11.7. The van der Waals surface area contributed by atoms with Crippen molar-refractivity contribution in [2.75, 3.05) is 5.09 Å². The van der Waals surface area contributed by atoms with Crippen LogP contribution in [0.2, 0.25) is 0 Å². The summed E-state index contributed by atoms with van der Waals surface area (Å²) in [6.45, 7) is 3.82. The van der Waals surface area contributed by atoms with Gasteiger partial charge in [0.25, 0.3) is 0 Å². The third-order valence-electron chi connectivity index (χ3n) is 5.76. The van der Waals surface area contributed by atoms with E-state index in [0.717, 1.165) is 44.0 Å². The summed E-state index contributed by atoms with van der Waals surface area (Å²) in [5.74, 6) is 0. The van der Waals surface area contributed by atoms with Gasteiger partial charge in [-0.3, -0.25) is 5.09 Å². The second-order valence-electron chi connectivity index (χ2n) is 7.70. The third-order valence-corrected chi connectivity index (χ3v) is 6.93. The van der Waals surface area contributed by atoms with Crippen LogP contribution in [0.1, 0.15) is 5.56 Å². The van der Waals surface area contributed by atoms with Gasteiger partial charge in [0.15, 0.2) is 0 Å². The molecule has 6 rings (SSSR count). The molecule has 1 aromatic heterocycles. The molecule has 154 valence electrons. The summed E-state index contributed by atoms with van der Waals surface area (Å²) in [6, 6.07) is 33.2. The van der Waals surface area contributed by atoms with E-state index in [0.29, 0.717) is 0 Å². The van der Waals surface area contributed by atoms with Crippen molar-refractivity contribution in [3.05, 3.63) is 109 Å². The van der Waals surface area contributed by atoms with Crippen LogP contribution >= 0.6 is 8.16 Å². The van der Waals surface area contributed by atoms with Gasteiger partial charge < -0.3 is 8.39 Å². The molecule has 0 aliphatic carbocycles. The molecule has 3 nitrogen and oxygen atoms in total. The fourth-order valence-electron chi connectivity index (χ4n) is 4.21. The molecule has 0 aliphatic rings. The SMILES string of the molecule is C=Cc1ccc(Np2oc3ccc4ccccc4c3c3c(ccc4ccccc43)o2)cc1. The normalized spacial score (nSPS) is 11.2. The van der Waals surface area contributed by atoms with E-state index in [1.54, 1.807) is 0 Å². The van der Waals surface area contributed by atoms with Crippen molar-refractivity contribution in [3.63, 3.8) is 0 Å². The number of anilines is 1. The van der Waals surface area contributed by atoms with Crippen molar-refractivity contribution in [2.24, 2.45) is 0 Å². The number of nitrogens with one attached hydrogen (secondary N) is 1. The maximum Gasteiger partial charge on any atom is 0.338 e. The number of hydrogen-bond donors (Lipinski definition) is 1. The van der Waals surface area contributed by atoms with E-state index in [-0.39, 0.29) is 0 Å². The Balaban J connectivity index is 1.72. The van der Waals surface area contributed by atoms with Gasteiger partial charge >= 0.3 is 8.16 Å². The lowest BCUT2D eigenvalue weighted by molar-refractivity contribution is 0.646. The smallest absolute Gasteiger partial charge is 0.338 e. The van der Waals surface area contributed by atoms with Gasteiger partial charge in [0.2, 0.25) is 0 Å². The van der Waals surface area contributed by atoms with E-state index in [2.05, 4.69) is 84.5 Å². The van der Waals surface area contributed by atoms with Crippen LogP contribution in [0.25, 0.3) is 49.6 Å². The van der Waals surface area contributed by atoms with E-state index in [9.17, 15) is 0 Å². The number of hydrogen-bond acceptors (Lipinski definition) is 3. The van der Waals surface area contributed by atoms with Gasteiger partial charge in [-0.25, -0.2) is 0 Å². The molecule has 0 amide bonds. The van der Waals surface area contributed by atoms with Crippen LogP contribution in [0.15, 0.2) is 112 Å².